The van der Waals surface area contributed by atoms with Crippen LogP contribution in [0.3, 0.4) is 0 Å². The Bertz CT molecular complexity index is 294. The molecular weight excluding hydrogens is 156 g/mol. The number of nitriles is 1. The van der Waals surface area contributed by atoms with Crippen LogP contribution < -0.4 is 5.73 Å². The molecule has 0 radical (unpaired) electrons. The lowest BCUT2D eigenvalue weighted by atomic mass is 10.2. The average Bonchev–Trinajstić information content (AvgIpc) is 2.31. The highest BCUT2D eigenvalue weighted by Gasteiger charge is 2.07. The number of anilines is 1. The van der Waals surface area contributed by atoms with Crippen molar-refractivity contribution in [1.29, 1.82) is 5.26 Å². The standard InChI is InChI=1S/C8H10N2S/c1-5(2)7-3-6(10)8(4-9)11-7/h3,5H,10H2,1-2H3. The van der Waals surface area contributed by atoms with Crippen LogP contribution in [0.15, 0.2) is 6.07 Å². The number of thiophene rings is 1. The van der Waals surface area contributed by atoms with Crippen molar-refractivity contribution in [2.45, 2.75) is 19.8 Å². The van der Waals surface area contributed by atoms with Gasteiger partial charge in [0.1, 0.15) is 10.9 Å². The Morgan fingerprint density at radius 2 is 2.27 bits per heavy atom. The van der Waals surface area contributed by atoms with Crippen molar-refractivity contribution >= 4 is 17.0 Å². The summed E-state index contributed by atoms with van der Waals surface area (Å²) < 4.78 is 0. The number of rotatable bonds is 1. The third-order valence-corrected chi connectivity index (χ3v) is 2.81. The number of nitrogens with zero attached hydrogens (tertiary/aromatic N) is 1. The fourth-order valence-electron chi connectivity index (χ4n) is 0.797. The van der Waals surface area contributed by atoms with Crippen LogP contribution in [0.4, 0.5) is 5.69 Å². The Labute approximate surface area is 70.3 Å². The monoisotopic (exact) mass is 166 g/mol. The van der Waals surface area contributed by atoms with E-state index in [1.807, 2.05) is 6.07 Å². The van der Waals surface area contributed by atoms with Gasteiger partial charge in [-0.2, -0.15) is 5.26 Å². The summed E-state index contributed by atoms with van der Waals surface area (Å²) in [7, 11) is 0. The average molecular weight is 166 g/mol. The zero-order chi connectivity index (χ0) is 8.43. The van der Waals surface area contributed by atoms with Gasteiger partial charge in [-0.05, 0) is 12.0 Å². The van der Waals surface area contributed by atoms with Crippen molar-refractivity contribution in [3.05, 3.63) is 15.8 Å². The molecule has 1 aromatic heterocycles. The van der Waals surface area contributed by atoms with Gasteiger partial charge in [0.15, 0.2) is 0 Å². The number of nitrogen functional groups attached to an aromatic ring is 1. The first-order valence-electron chi connectivity index (χ1n) is 3.44. The van der Waals surface area contributed by atoms with E-state index < -0.39 is 0 Å². The molecule has 2 nitrogen and oxygen atoms in total. The van der Waals surface area contributed by atoms with E-state index in [1.54, 1.807) is 0 Å². The topological polar surface area (TPSA) is 49.8 Å². The molecule has 3 heteroatoms. The summed E-state index contributed by atoms with van der Waals surface area (Å²) in [6, 6.07) is 3.95. The summed E-state index contributed by atoms with van der Waals surface area (Å²) in [4.78, 5) is 1.81. The predicted molar refractivity (Wildman–Crippen MR) is 47.5 cm³/mol. The molecule has 0 saturated heterocycles. The minimum absolute atomic E-state index is 0.462. The molecule has 0 unspecified atom stereocenters. The van der Waals surface area contributed by atoms with Gasteiger partial charge in [0.05, 0.1) is 5.69 Å². The third-order valence-electron chi connectivity index (χ3n) is 1.45. The van der Waals surface area contributed by atoms with Crippen molar-refractivity contribution in [2.75, 3.05) is 5.73 Å². The Morgan fingerprint density at radius 1 is 1.64 bits per heavy atom. The fraction of sp³-hybridized carbons (Fsp3) is 0.375. The highest BCUT2D eigenvalue weighted by molar-refractivity contribution is 7.13. The van der Waals surface area contributed by atoms with Gasteiger partial charge in [0.2, 0.25) is 0 Å². The summed E-state index contributed by atoms with van der Waals surface area (Å²) in [6.45, 7) is 4.18. The summed E-state index contributed by atoms with van der Waals surface area (Å²) >= 11 is 1.48. The van der Waals surface area contributed by atoms with Crippen LogP contribution in [0, 0.1) is 11.3 Å². The maximum atomic E-state index is 8.59. The first kappa shape index (κ1) is 8.09. The van der Waals surface area contributed by atoms with Crippen LogP contribution in [0.2, 0.25) is 0 Å². The van der Waals surface area contributed by atoms with E-state index in [0.717, 1.165) is 0 Å². The lowest BCUT2D eigenvalue weighted by Gasteiger charge is -1.95. The van der Waals surface area contributed by atoms with Crippen LogP contribution in [0.1, 0.15) is 29.5 Å². The van der Waals surface area contributed by atoms with E-state index in [0.29, 0.717) is 16.5 Å². The zero-order valence-electron chi connectivity index (χ0n) is 6.59. The fourth-order valence-corrected chi connectivity index (χ4v) is 1.68. The predicted octanol–water partition coefficient (Wildman–Crippen LogP) is 2.33. The van der Waals surface area contributed by atoms with Crippen LogP contribution >= 0.6 is 11.3 Å². The molecule has 58 valence electrons. The summed E-state index contributed by atoms with van der Waals surface area (Å²) in [5.74, 6) is 0.462. The van der Waals surface area contributed by atoms with E-state index in [4.69, 9.17) is 11.0 Å². The molecule has 0 spiro atoms. The number of hydrogen-bond acceptors (Lipinski definition) is 3. The first-order valence-corrected chi connectivity index (χ1v) is 4.26. The van der Waals surface area contributed by atoms with Gasteiger partial charge in [0.25, 0.3) is 0 Å². The lowest BCUT2D eigenvalue weighted by Crippen LogP contribution is -1.82. The molecule has 0 aliphatic rings. The molecule has 0 aliphatic carbocycles. The van der Waals surface area contributed by atoms with Crippen LogP contribution in [-0.2, 0) is 0 Å². The highest BCUT2D eigenvalue weighted by Crippen LogP contribution is 2.29. The number of nitrogens with two attached hydrogens (primary N) is 1. The van der Waals surface area contributed by atoms with Gasteiger partial charge in [-0.3, -0.25) is 0 Å². The zero-order valence-corrected chi connectivity index (χ0v) is 7.40. The molecular formula is C8H10N2S. The van der Waals surface area contributed by atoms with E-state index >= 15 is 0 Å². The quantitative estimate of drug-likeness (QED) is 0.696. The van der Waals surface area contributed by atoms with Crippen molar-refractivity contribution in [3.8, 4) is 6.07 Å². The SMILES string of the molecule is CC(C)c1cc(N)c(C#N)s1. The summed E-state index contributed by atoms with van der Waals surface area (Å²) in [5.41, 5.74) is 6.19. The van der Waals surface area contributed by atoms with Crippen LogP contribution in [0.25, 0.3) is 0 Å². The summed E-state index contributed by atoms with van der Waals surface area (Å²) in [5, 5.41) is 8.59. The van der Waals surface area contributed by atoms with Crippen molar-refractivity contribution < 1.29 is 0 Å². The first-order chi connectivity index (χ1) is 5.15. The third kappa shape index (κ3) is 1.52. The molecule has 0 amide bonds. The minimum atomic E-state index is 0.462. The van der Waals surface area contributed by atoms with Crippen molar-refractivity contribution in [3.63, 3.8) is 0 Å². The Morgan fingerprint density at radius 3 is 2.55 bits per heavy atom. The highest BCUT2D eigenvalue weighted by atomic mass is 32.1. The molecule has 0 fully saturated rings. The van der Waals surface area contributed by atoms with Gasteiger partial charge in [-0.1, -0.05) is 13.8 Å². The lowest BCUT2D eigenvalue weighted by molar-refractivity contribution is 0.890. The maximum absolute atomic E-state index is 8.59. The van der Waals surface area contributed by atoms with E-state index in [-0.39, 0.29) is 0 Å². The van der Waals surface area contributed by atoms with Gasteiger partial charge in [-0.25, -0.2) is 0 Å². The molecule has 2 N–H and O–H groups in total. The second kappa shape index (κ2) is 2.93. The molecule has 0 aromatic carbocycles. The van der Waals surface area contributed by atoms with E-state index in [2.05, 4.69) is 19.9 Å². The van der Waals surface area contributed by atoms with Gasteiger partial charge in [-0.15, -0.1) is 11.3 Å². The second-order valence-electron chi connectivity index (χ2n) is 2.70. The van der Waals surface area contributed by atoms with Gasteiger partial charge in [0, 0.05) is 4.88 Å². The van der Waals surface area contributed by atoms with Gasteiger partial charge >= 0.3 is 0 Å². The van der Waals surface area contributed by atoms with Crippen LogP contribution in [0.5, 0.6) is 0 Å². The Hall–Kier alpha value is -1.01. The Kier molecular flexibility index (Phi) is 2.16. The molecule has 0 bridgehead atoms. The van der Waals surface area contributed by atoms with Crippen molar-refractivity contribution in [2.24, 2.45) is 0 Å². The molecule has 1 aromatic rings. The van der Waals surface area contributed by atoms with Gasteiger partial charge < -0.3 is 5.73 Å². The molecule has 0 saturated carbocycles. The molecule has 1 heterocycles. The molecule has 0 atom stereocenters. The normalized spacial score (nSPS) is 10.0. The molecule has 0 aliphatic heterocycles. The van der Waals surface area contributed by atoms with E-state index in [1.165, 1.54) is 16.2 Å². The number of hydrogen-bond donors (Lipinski definition) is 1. The van der Waals surface area contributed by atoms with Crippen molar-refractivity contribution in [1.82, 2.24) is 0 Å². The largest absolute Gasteiger partial charge is 0.397 e. The minimum Gasteiger partial charge on any atom is -0.397 e. The second-order valence-corrected chi connectivity index (χ2v) is 3.78. The molecule has 11 heavy (non-hydrogen) atoms. The molecule has 1 rings (SSSR count). The van der Waals surface area contributed by atoms with Crippen LogP contribution in [-0.4, -0.2) is 0 Å². The Balaban J connectivity index is 3.07. The smallest absolute Gasteiger partial charge is 0.128 e. The van der Waals surface area contributed by atoms with E-state index in [9.17, 15) is 0 Å². The summed E-state index contributed by atoms with van der Waals surface area (Å²) in [6.07, 6.45) is 0. The maximum Gasteiger partial charge on any atom is 0.128 e.